The Balaban J connectivity index is 1.57. The summed E-state index contributed by atoms with van der Waals surface area (Å²) in [6.07, 6.45) is 9.67. The predicted molar refractivity (Wildman–Crippen MR) is 123 cm³/mol. The van der Waals surface area contributed by atoms with Gasteiger partial charge in [-0.1, -0.05) is 18.2 Å². The van der Waals surface area contributed by atoms with E-state index in [2.05, 4.69) is 37.3 Å². The third-order valence-electron chi connectivity index (χ3n) is 5.31. The Labute approximate surface area is 176 Å². The minimum Gasteiger partial charge on any atom is -0.357 e. The first-order valence-electron chi connectivity index (χ1n) is 10.2. The second kappa shape index (κ2) is 8.86. The molecule has 3 aromatic rings. The van der Waals surface area contributed by atoms with Gasteiger partial charge in [0.1, 0.15) is 11.6 Å². The molecule has 0 radical (unpaired) electrons. The molecule has 3 heterocycles. The van der Waals surface area contributed by atoms with Crippen LogP contribution in [0.4, 0.5) is 11.6 Å². The van der Waals surface area contributed by atoms with Crippen molar-refractivity contribution in [3.8, 4) is 0 Å². The van der Waals surface area contributed by atoms with E-state index in [4.69, 9.17) is 0 Å². The van der Waals surface area contributed by atoms with Crippen LogP contribution >= 0.6 is 0 Å². The molecule has 1 aliphatic heterocycles. The summed E-state index contributed by atoms with van der Waals surface area (Å²) in [4.78, 5) is 28.0. The lowest BCUT2D eigenvalue weighted by molar-refractivity contribution is 0.102. The zero-order valence-electron chi connectivity index (χ0n) is 17.3. The second-order valence-corrected chi connectivity index (χ2v) is 7.31. The van der Waals surface area contributed by atoms with Crippen LogP contribution in [0.2, 0.25) is 0 Å². The van der Waals surface area contributed by atoms with Crippen LogP contribution in [0, 0.1) is 0 Å². The Kier molecular flexibility index (Phi) is 5.84. The standard InChI is InChI=1S/C24H25N5O/c1-3-17(15-25-2)18-6-7-20-16-27-22(13-21(20)12-18)28-24(30)19-8-9-26-23(14-19)29-10-4-5-11-29/h3,6-9,12-16H,4-5,10-11H2,1-2H3,(H,27,28,30)/b17-3+,25-15-. The van der Waals surface area contributed by atoms with Gasteiger partial charge in [-0.05, 0) is 60.6 Å². The number of carbonyl (C=O) groups excluding carboxylic acids is 1. The van der Waals surface area contributed by atoms with E-state index in [1.165, 1.54) is 12.8 Å². The van der Waals surface area contributed by atoms with E-state index in [0.29, 0.717) is 11.4 Å². The number of carbonyl (C=O) groups is 1. The molecule has 0 saturated carbocycles. The molecule has 1 saturated heterocycles. The highest BCUT2D eigenvalue weighted by molar-refractivity contribution is 6.11. The first-order chi connectivity index (χ1) is 14.7. The molecule has 0 spiro atoms. The number of nitrogens with one attached hydrogen (secondary N) is 1. The molecule has 6 nitrogen and oxygen atoms in total. The van der Waals surface area contributed by atoms with Gasteiger partial charge >= 0.3 is 0 Å². The topological polar surface area (TPSA) is 70.5 Å². The van der Waals surface area contributed by atoms with Crippen molar-refractivity contribution >= 4 is 40.1 Å². The van der Waals surface area contributed by atoms with Gasteiger partial charge in [-0.3, -0.25) is 9.79 Å². The molecule has 152 valence electrons. The van der Waals surface area contributed by atoms with E-state index in [1.54, 1.807) is 25.5 Å². The number of rotatable bonds is 5. The molecule has 0 atom stereocenters. The average Bonchev–Trinajstić information content (AvgIpc) is 3.32. The number of fused-ring (bicyclic) bond motifs is 1. The van der Waals surface area contributed by atoms with E-state index < -0.39 is 0 Å². The van der Waals surface area contributed by atoms with Gasteiger partial charge in [0.15, 0.2) is 0 Å². The van der Waals surface area contributed by atoms with Crippen molar-refractivity contribution < 1.29 is 4.79 Å². The predicted octanol–water partition coefficient (Wildman–Crippen LogP) is 4.59. The first kappa shape index (κ1) is 19.8. The van der Waals surface area contributed by atoms with E-state index >= 15 is 0 Å². The fraction of sp³-hybridized carbons (Fsp3) is 0.250. The van der Waals surface area contributed by atoms with Crippen LogP contribution in [-0.4, -0.2) is 42.2 Å². The first-order valence-corrected chi connectivity index (χ1v) is 10.2. The minimum absolute atomic E-state index is 0.187. The molecular weight excluding hydrogens is 374 g/mol. The number of anilines is 2. The Morgan fingerprint density at radius 2 is 1.90 bits per heavy atom. The maximum Gasteiger partial charge on any atom is 0.257 e. The molecule has 30 heavy (non-hydrogen) atoms. The van der Waals surface area contributed by atoms with Gasteiger partial charge in [0.05, 0.1) is 0 Å². The Hall–Kier alpha value is -3.54. The normalized spacial score (nSPS) is 14.6. The monoisotopic (exact) mass is 399 g/mol. The Bertz CT molecular complexity index is 1130. The summed E-state index contributed by atoms with van der Waals surface area (Å²) >= 11 is 0. The molecule has 0 unspecified atom stereocenters. The highest BCUT2D eigenvalue weighted by Gasteiger charge is 2.16. The number of allylic oxidation sites excluding steroid dienone is 2. The summed E-state index contributed by atoms with van der Waals surface area (Å²) in [6.45, 7) is 3.97. The summed E-state index contributed by atoms with van der Waals surface area (Å²) in [5, 5.41) is 4.94. The molecule has 1 fully saturated rings. The molecule has 2 aromatic heterocycles. The smallest absolute Gasteiger partial charge is 0.257 e. The van der Waals surface area contributed by atoms with Crippen molar-refractivity contribution in [2.45, 2.75) is 19.8 Å². The van der Waals surface area contributed by atoms with Gasteiger partial charge in [0.2, 0.25) is 0 Å². The quantitative estimate of drug-likeness (QED) is 0.637. The number of amides is 1. The lowest BCUT2D eigenvalue weighted by atomic mass is 10.0. The average molecular weight is 399 g/mol. The summed E-state index contributed by atoms with van der Waals surface area (Å²) in [5.41, 5.74) is 2.70. The lowest BCUT2D eigenvalue weighted by Crippen LogP contribution is -2.20. The van der Waals surface area contributed by atoms with Gasteiger partial charge in [-0.15, -0.1) is 0 Å². The van der Waals surface area contributed by atoms with Crippen molar-refractivity contribution in [3.05, 3.63) is 66.0 Å². The number of hydrogen-bond acceptors (Lipinski definition) is 5. The molecular formula is C24H25N5O. The van der Waals surface area contributed by atoms with E-state index in [9.17, 15) is 4.79 Å². The fourth-order valence-electron chi connectivity index (χ4n) is 3.71. The number of aliphatic imine (C=N–C) groups is 1. The van der Waals surface area contributed by atoms with Gasteiger partial charge in [0, 0.05) is 49.7 Å². The largest absolute Gasteiger partial charge is 0.357 e. The number of nitrogens with zero attached hydrogens (tertiary/aromatic N) is 4. The molecule has 4 rings (SSSR count). The van der Waals surface area contributed by atoms with Crippen LogP contribution in [0.3, 0.4) is 0 Å². The lowest BCUT2D eigenvalue weighted by Gasteiger charge is -2.16. The van der Waals surface area contributed by atoms with Crippen LogP contribution in [-0.2, 0) is 0 Å². The highest BCUT2D eigenvalue weighted by atomic mass is 16.1. The minimum atomic E-state index is -0.187. The summed E-state index contributed by atoms with van der Waals surface area (Å²) in [6, 6.07) is 11.6. The molecule has 1 amide bonds. The van der Waals surface area contributed by atoms with Gasteiger partial charge in [-0.25, -0.2) is 9.97 Å². The van der Waals surface area contributed by atoms with Crippen LogP contribution < -0.4 is 10.2 Å². The van der Waals surface area contributed by atoms with E-state index in [-0.39, 0.29) is 5.91 Å². The van der Waals surface area contributed by atoms with Crippen molar-refractivity contribution in [3.63, 3.8) is 0 Å². The number of aromatic nitrogens is 2. The van der Waals surface area contributed by atoms with Crippen molar-refractivity contribution in [1.82, 2.24) is 9.97 Å². The SMILES string of the molecule is C/C=C(\C=N/C)c1ccc2cnc(NC(=O)c3ccnc(N4CCCC4)c3)cc2c1. The van der Waals surface area contributed by atoms with Crippen LogP contribution in [0.1, 0.15) is 35.7 Å². The summed E-state index contributed by atoms with van der Waals surface area (Å²) in [5.74, 6) is 1.19. The second-order valence-electron chi connectivity index (χ2n) is 7.31. The van der Waals surface area contributed by atoms with Crippen molar-refractivity contribution in [2.75, 3.05) is 30.4 Å². The molecule has 0 bridgehead atoms. The van der Waals surface area contributed by atoms with E-state index in [1.807, 2.05) is 37.4 Å². The summed E-state index contributed by atoms with van der Waals surface area (Å²) in [7, 11) is 1.76. The zero-order valence-corrected chi connectivity index (χ0v) is 17.3. The Morgan fingerprint density at radius 3 is 2.67 bits per heavy atom. The highest BCUT2D eigenvalue weighted by Crippen LogP contribution is 2.23. The van der Waals surface area contributed by atoms with Gasteiger partial charge < -0.3 is 10.2 Å². The molecule has 6 heteroatoms. The zero-order chi connectivity index (χ0) is 20.9. The van der Waals surface area contributed by atoms with Crippen LogP contribution in [0.25, 0.3) is 16.3 Å². The molecule has 1 aromatic carbocycles. The maximum atomic E-state index is 12.8. The van der Waals surface area contributed by atoms with Crippen molar-refractivity contribution in [2.24, 2.45) is 4.99 Å². The molecule has 0 aliphatic carbocycles. The summed E-state index contributed by atoms with van der Waals surface area (Å²) < 4.78 is 0. The number of benzene rings is 1. The third-order valence-corrected chi connectivity index (χ3v) is 5.31. The van der Waals surface area contributed by atoms with Crippen LogP contribution in [0.5, 0.6) is 0 Å². The number of hydrogen-bond donors (Lipinski definition) is 1. The maximum absolute atomic E-state index is 12.8. The molecule has 1 N–H and O–H groups in total. The van der Waals surface area contributed by atoms with E-state index in [0.717, 1.165) is 40.8 Å². The third kappa shape index (κ3) is 4.22. The van der Waals surface area contributed by atoms with Crippen molar-refractivity contribution in [1.29, 1.82) is 0 Å². The van der Waals surface area contributed by atoms with Crippen LogP contribution in [0.15, 0.2) is 59.9 Å². The fourth-order valence-corrected chi connectivity index (χ4v) is 3.71. The van der Waals surface area contributed by atoms with Gasteiger partial charge in [0.25, 0.3) is 5.91 Å². The molecule has 1 aliphatic rings. The Morgan fingerprint density at radius 1 is 1.07 bits per heavy atom. The number of pyridine rings is 2. The van der Waals surface area contributed by atoms with Gasteiger partial charge in [-0.2, -0.15) is 0 Å².